The van der Waals surface area contributed by atoms with E-state index in [1.807, 2.05) is 19.1 Å². The molecule has 0 saturated carbocycles. The van der Waals surface area contributed by atoms with Gasteiger partial charge in [0, 0.05) is 13.0 Å². The molecule has 1 N–H and O–H groups in total. The fourth-order valence-electron chi connectivity index (χ4n) is 3.34. The Morgan fingerprint density at radius 1 is 1.21 bits per heavy atom. The van der Waals surface area contributed by atoms with Crippen LogP contribution in [0.25, 0.3) is 0 Å². The van der Waals surface area contributed by atoms with Crippen LogP contribution in [0, 0.1) is 12.8 Å². The van der Waals surface area contributed by atoms with Crippen LogP contribution in [0.4, 0.5) is 11.4 Å². The molecule has 29 heavy (non-hydrogen) atoms. The highest BCUT2D eigenvalue weighted by Gasteiger charge is 2.36. The fraction of sp³-hybridized carbons (Fsp3) is 0.318. The topological polar surface area (TPSA) is 84.9 Å². The molecule has 7 heteroatoms. The Labute approximate surface area is 169 Å². The Kier molecular flexibility index (Phi) is 6.16. The maximum absolute atomic E-state index is 12.8. The van der Waals surface area contributed by atoms with Crippen LogP contribution in [0.15, 0.2) is 42.5 Å². The lowest BCUT2D eigenvalue weighted by atomic mass is 10.1. The Hall–Kier alpha value is -3.35. The average Bonchev–Trinajstić information content (AvgIpc) is 3.10. The summed E-state index contributed by atoms with van der Waals surface area (Å²) < 4.78 is 10.4. The number of methoxy groups -OCH3 is 1. The quantitative estimate of drug-likeness (QED) is 0.758. The summed E-state index contributed by atoms with van der Waals surface area (Å²) in [4.78, 5) is 39.1. The van der Waals surface area contributed by atoms with Gasteiger partial charge >= 0.3 is 5.97 Å². The molecule has 0 bridgehead atoms. The van der Waals surface area contributed by atoms with Gasteiger partial charge in [-0.1, -0.05) is 18.2 Å². The molecule has 2 amide bonds. The van der Waals surface area contributed by atoms with E-state index in [1.165, 1.54) is 0 Å². The highest BCUT2D eigenvalue weighted by Crippen LogP contribution is 2.34. The number of para-hydroxylation sites is 1. The number of aryl methyl sites for hydroxylation is 1. The Morgan fingerprint density at radius 3 is 2.69 bits per heavy atom. The number of hydrogen-bond donors (Lipinski definition) is 1. The van der Waals surface area contributed by atoms with E-state index in [-0.39, 0.29) is 37.0 Å². The van der Waals surface area contributed by atoms with Crippen molar-refractivity contribution in [1.29, 1.82) is 0 Å². The predicted molar refractivity (Wildman–Crippen MR) is 109 cm³/mol. The number of carbonyl (C=O) groups is 3. The van der Waals surface area contributed by atoms with Gasteiger partial charge in [-0.2, -0.15) is 0 Å². The highest BCUT2D eigenvalue weighted by molar-refractivity contribution is 6.06. The normalized spacial score (nSPS) is 15.9. The number of nitrogens with zero attached hydrogens (tertiary/aromatic N) is 1. The van der Waals surface area contributed by atoms with Crippen molar-refractivity contribution in [2.24, 2.45) is 5.92 Å². The van der Waals surface area contributed by atoms with Crippen molar-refractivity contribution in [3.63, 3.8) is 0 Å². The first kappa shape index (κ1) is 20.4. The van der Waals surface area contributed by atoms with Gasteiger partial charge in [0.15, 0.2) is 0 Å². The summed E-state index contributed by atoms with van der Waals surface area (Å²) in [6, 6.07) is 12.2. The number of carbonyl (C=O) groups excluding carboxylic acids is 3. The minimum Gasteiger partial charge on any atom is -0.495 e. The van der Waals surface area contributed by atoms with Crippen molar-refractivity contribution in [1.82, 2.24) is 0 Å². The molecular formula is C22H24N2O5. The molecule has 1 heterocycles. The van der Waals surface area contributed by atoms with Crippen LogP contribution in [0.2, 0.25) is 0 Å². The van der Waals surface area contributed by atoms with E-state index in [0.717, 1.165) is 5.56 Å². The Bertz CT molecular complexity index is 941. The Balaban J connectivity index is 1.77. The molecule has 1 fully saturated rings. The van der Waals surface area contributed by atoms with Crippen LogP contribution in [-0.4, -0.2) is 38.0 Å². The third kappa shape index (κ3) is 4.39. The predicted octanol–water partition coefficient (Wildman–Crippen LogP) is 3.17. The van der Waals surface area contributed by atoms with E-state index in [1.54, 1.807) is 49.3 Å². The van der Waals surface area contributed by atoms with E-state index in [2.05, 4.69) is 5.32 Å². The van der Waals surface area contributed by atoms with Crippen molar-refractivity contribution in [3.05, 3.63) is 53.6 Å². The van der Waals surface area contributed by atoms with E-state index in [4.69, 9.17) is 9.47 Å². The van der Waals surface area contributed by atoms with Gasteiger partial charge in [-0.05, 0) is 43.7 Å². The molecule has 3 rings (SSSR count). The fourth-order valence-corrected chi connectivity index (χ4v) is 3.34. The van der Waals surface area contributed by atoms with Crippen molar-refractivity contribution >= 4 is 29.2 Å². The minimum absolute atomic E-state index is 0.0878. The second-order valence-corrected chi connectivity index (χ2v) is 6.84. The summed E-state index contributed by atoms with van der Waals surface area (Å²) in [7, 11) is 1.55. The summed E-state index contributed by atoms with van der Waals surface area (Å²) in [5.74, 6) is -0.922. The van der Waals surface area contributed by atoms with Gasteiger partial charge in [0.2, 0.25) is 11.8 Å². The van der Waals surface area contributed by atoms with Crippen LogP contribution < -0.4 is 15.0 Å². The van der Waals surface area contributed by atoms with Crippen molar-refractivity contribution in [2.75, 3.05) is 30.5 Å². The zero-order chi connectivity index (χ0) is 21.0. The summed E-state index contributed by atoms with van der Waals surface area (Å²) in [5.41, 5.74) is 2.30. The number of rotatable bonds is 6. The lowest BCUT2D eigenvalue weighted by Crippen LogP contribution is -2.29. The minimum atomic E-state index is -0.539. The summed E-state index contributed by atoms with van der Waals surface area (Å²) >= 11 is 0. The Morgan fingerprint density at radius 2 is 1.97 bits per heavy atom. The van der Waals surface area contributed by atoms with E-state index in [0.29, 0.717) is 17.1 Å². The van der Waals surface area contributed by atoms with Gasteiger partial charge in [-0.25, -0.2) is 4.79 Å². The maximum Gasteiger partial charge on any atom is 0.340 e. The van der Waals surface area contributed by atoms with Crippen LogP contribution >= 0.6 is 0 Å². The standard InChI is InChI=1S/C22H24N2O5/c1-4-29-22(27)16-7-5-6-8-17(16)23-21(26)15-12-20(25)24(13-15)18-11-14(2)9-10-19(18)28-3/h5-11,15H,4,12-13H2,1-3H3,(H,23,26). The van der Waals surface area contributed by atoms with Gasteiger partial charge < -0.3 is 19.7 Å². The van der Waals surface area contributed by atoms with Crippen molar-refractivity contribution in [2.45, 2.75) is 20.3 Å². The number of ether oxygens (including phenoxy) is 2. The van der Waals surface area contributed by atoms with Crippen LogP contribution in [-0.2, 0) is 14.3 Å². The van der Waals surface area contributed by atoms with E-state index in [9.17, 15) is 14.4 Å². The maximum atomic E-state index is 12.8. The number of benzene rings is 2. The third-order valence-electron chi connectivity index (χ3n) is 4.80. The van der Waals surface area contributed by atoms with Crippen molar-refractivity contribution in [3.8, 4) is 5.75 Å². The van der Waals surface area contributed by atoms with Gasteiger partial charge in [0.1, 0.15) is 5.75 Å². The lowest BCUT2D eigenvalue weighted by molar-refractivity contribution is -0.122. The van der Waals surface area contributed by atoms with Crippen LogP contribution in [0.5, 0.6) is 5.75 Å². The number of esters is 1. The molecular weight excluding hydrogens is 372 g/mol. The van der Waals surface area contributed by atoms with Crippen LogP contribution in [0.3, 0.4) is 0 Å². The van der Waals surface area contributed by atoms with Gasteiger partial charge in [0.05, 0.1) is 36.6 Å². The second kappa shape index (κ2) is 8.77. The largest absolute Gasteiger partial charge is 0.495 e. The zero-order valence-corrected chi connectivity index (χ0v) is 16.7. The third-order valence-corrected chi connectivity index (χ3v) is 4.80. The molecule has 7 nitrogen and oxygen atoms in total. The van der Waals surface area contributed by atoms with E-state index >= 15 is 0 Å². The molecule has 1 unspecified atom stereocenters. The lowest BCUT2D eigenvalue weighted by Gasteiger charge is -2.20. The number of hydrogen-bond acceptors (Lipinski definition) is 5. The number of nitrogens with one attached hydrogen (secondary N) is 1. The summed E-state index contributed by atoms with van der Waals surface area (Å²) in [5, 5.41) is 2.77. The first-order valence-electron chi connectivity index (χ1n) is 9.46. The molecule has 1 atom stereocenters. The van der Waals surface area contributed by atoms with E-state index < -0.39 is 11.9 Å². The average molecular weight is 396 g/mol. The first-order chi connectivity index (χ1) is 13.9. The first-order valence-corrected chi connectivity index (χ1v) is 9.46. The smallest absolute Gasteiger partial charge is 0.340 e. The van der Waals surface area contributed by atoms with Crippen LogP contribution in [0.1, 0.15) is 29.3 Å². The number of amides is 2. The molecule has 0 spiro atoms. The van der Waals surface area contributed by atoms with Gasteiger partial charge in [0.25, 0.3) is 0 Å². The zero-order valence-electron chi connectivity index (χ0n) is 16.7. The van der Waals surface area contributed by atoms with Gasteiger partial charge in [-0.15, -0.1) is 0 Å². The molecule has 2 aromatic carbocycles. The molecule has 0 aromatic heterocycles. The number of anilines is 2. The molecule has 152 valence electrons. The monoisotopic (exact) mass is 396 g/mol. The molecule has 0 aliphatic carbocycles. The molecule has 2 aromatic rings. The summed E-state index contributed by atoms with van der Waals surface area (Å²) in [6.07, 6.45) is 0.0878. The molecule has 0 radical (unpaired) electrons. The SMILES string of the molecule is CCOC(=O)c1ccccc1NC(=O)C1CC(=O)N(c2cc(C)ccc2OC)C1. The highest BCUT2D eigenvalue weighted by atomic mass is 16.5. The molecule has 1 saturated heterocycles. The summed E-state index contributed by atoms with van der Waals surface area (Å²) in [6.45, 7) is 4.13. The molecule has 1 aliphatic heterocycles. The van der Waals surface area contributed by atoms with Crippen molar-refractivity contribution < 1.29 is 23.9 Å². The second-order valence-electron chi connectivity index (χ2n) is 6.84. The molecule has 1 aliphatic rings. The van der Waals surface area contributed by atoms with Gasteiger partial charge in [-0.3, -0.25) is 9.59 Å².